The summed E-state index contributed by atoms with van der Waals surface area (Å²) in [6, 6.07) is 0.0954. The van der Waals surface area contributed by atoms with Crippen LogP contribution >= 0.6 is 0 Å². The Morgan fingerprint density at radius 2 is 1.30 bits per heavy atom. The molecule has 2 N–H and O–H groups in total. The monoisotopic (exact) mass is 298 g/mol. The van der Waals surface area contributed by atoms with Crippen LogP contribution in [0.25, 0.3) is 0 Å². The van der Waals surface area contributed by atoms with Crippen molar-refractivity contribution in [1.29, 1.82) is 0 Å². The number of sulfonamides is 1. The van der Waals surface area contributed by atoms with Gasteiger partial charge >= 0.3 is 0 Å². The molecule has 0 aliphatic heterocycles. The minimum atomic E-state index is -3.48. The van der Waals surface area contributed by atoms with Crippen LogP contribution < -0.4 is 10.0 Å². The third-order valence-corrected chi connectivity index (χ3v) is 5.97. The van der Waals surface area contributed by atoms with E-state index in [1.54, 1.807) is 0 Å². The van der Waals surface area contributed by atoms with Crippen LogP contribution in [0.4, 0.5) is 0 Å². The molecular weight excluding hydrogens is 272 g/mol. The van der Waals surface area contributed by atoms with E-state index in [1.807, 2.05) is 48.6 Å². The topological polar surface area (TPSA) is 58.2 Å². The summed E-state index contributed by atoms with van der Waals surface area (Å²) in [6.45, 7) is 12.1. The minimum Gasteiger partial charge on any atom is -0.316 e. The smallest absolute Gasteiger partial charge is 0.241 e. The standard InChI is InChI=1S/C15H26N2O2S/c1-9(16-7)8-17-20(18,19)15-13(5)11(3)10(2)12(4)14(15)6/h9,16-17H,8H2,1-7H3. The zero-order valence-electron chi connectivity index (χ0n) is 13.5. The summed E-state index contributed by atoms with van der Waals surface area (Å²) in [6.07, 6.45) is 0. The maximum Gasteiger partial charge on any atom is 0.241 e. The first kappa shape index (κ1) is 17.1. The van der Waals surface area contributed by atoms with Crippen molar-refractivity contribution in [3.05, 3.63) is 27.8 Å². The van der Waals surface area contributed by atoms with E-state index in [-0.39, 0.29) is 6.04 Å². The Morgan fingerprint density at radius 1 is 0.900 bits per heavy atom. The first-order chi connectivity index (χ1) is 9.13. The second-order valence-corrected chi connectivity index (χ2v) is 7.20. The van der Waals surface area contributed by atoms with Crippen LogP contribution in [0.3, 0.4) is 0 Å². The van der Waals surface area contributed by atoms with E-state index >= 15 is 0 Å². The molecule has 0 radical (unpaired) electrons. The van der Waals surface area contributed by atoms with Gasteiger partial charge in [0.2, 0.25) is 10.0 Å². The van der Waals surface area contributed by atoms with Crippen molar-refractivity contribution in [2.45, 2.75) is 52.5 Å². The van der Waals surface area contributed by atoms with Gasteiger partial charge in [-0.25, -0.2) is 13.1 Å². The quantitative estimate of drug-likeness (QED) is 0.875. The predicted molar refractivity (Wildman–Crippen MR) is 83.8 cm³/mol. The highest BCUT2D eigenvalue weighted by Gasteiger charge is 2.23. The molecule has 114 valence electrons. The molecule has 1 atom stereocenters. The van der Waals surface area contributed by atoms with Gasteiger partial charge < -0.3 is 5.32 Å². The lowest BCUT2D eigenvalue weighted by Gasteiger charge is -2.20. The van der Waals surface area contributed by atoms with Crippen molar-refractivity contribution in [1.82, 2.24) is 10.0 Å². The molecule has 0 amide bonds. The first-order valence-electron chi connectivity index (χ1n) is 6.87. The molecule has 5 heteroatoms. The van der Waals surface area contributed by atoms with Gasteiger partial charge in [-0.2, -0.15) is 0 Å². The van der Waals surface area contributed by atoms with E-state index in [2.05, 4.69) is 10.0 Å². The zero-order valence-corrected chi connectivity index (χ0v) is 14.3. The number of hydrogen-bond acceptors (Lipinski definition) is 3. The zero-order chi connectivity index (χ0) is 15.7. The van der Waals surface area contributed by atoms with Crippen LogP contribution in [0.1, 0.15) is 34.7 Å². The van der Waals surface area contributed by atoms with Crippen LogP contribution in [0, 0.1) is 34.6 Å². The maximum atomic E-state index is 12.6. The van der Waals surface area contributed by atoms with Gasteiger partial charge in [0, 0.05) is 12.6 Å². The lowest BCUT2D eigenvalue weighted by Crippen LogP contribution is -2.37. The molecule has 0 heterocycles. The first-order valence-corrected chi connectivity index (χ1v) is 8.35. The minimum absolute atomic E-state index is 0.0954. The van der Waals surface area contributed by atoms with E-state index in [0.29, 0.717) is 11.4 Å². The molecule has 20 heavy (non-hydrogen) atoms. The molecule has 4 nitrogen and oxygen atoms in total. The molecule has 0 aliphatic rings. The highest BCUT2D eigenvalue weighted by atomic mass is 32.2. The van der Waals surface area contributed by atoms with Crippen LogP contribution in [0.15, 0.2) is 4.90 Å². The van der Waals surface area contributed by atoms with Crippen LogP contribution in [0.5, 0.6) is 0 Å². The molecule has 0 bridgehead atoms. The van der Waals surface area contributed by atoms with E-state index in [0.717, 1.165) is 22.3 Å². The van der Waals surface area contributed by atoms with E-state index in [1.165, 1.54) is 5.56 Å². The van der Waals surface area contributed by atoms with Crippen molar-refractivity contribution in [3.63, 3.8) is 0 Å². The number of benzene rings is 1. The summed E-state index contributed by atoms with van der Waals surface area (Å²) in [4.78, 5) is 0.432. The number of rotatable bonds is 5. The van der Waals surface area contributed by atoms with Gasteiger partial charge in [0.1, 0.15) is 0 Å². The Hall–Kier alpha value is -0.910. The second kappa shape index (κ2) is 6.24. The highest BCUT2D eigenvalue weighted by molar-refractivity contribution is 7.89. The molecule has 1 rings (SSSR count). The summed E-state index contributed by atoms with van der Waals surface area (Å²) in [7, 11) is -1.66. The van der Waals surface area contributed by atoms with Gasteiger partial charge in [-0.05, 0) is 76.4 Å². The lowest BCUT2D eigenvalue weighted by atomic mass is 9.95. The van der Waals surface area contributed by atoms with Gasteiger partial charge in [0.05, 0.1) is 4.90 Å². The highest BCUT2D eigenvalue weighted by Crippen LogP contribution is 2.29. The average Bonchev–Trinajstić information content (AvgIpc) is 2.40. The normalized spacial score (nSPS) is 13.6. The van der Waals surface area contributed by atoms with E-state index in [9.17, 15) is 8.42 Å². The molecule has 0 aromatic heterocycles. The van der Waals surface area contributed by atoms with Crippen molar-refractivity contribution in [2.24, 2.45) is 0 Å². The van der Waals surface area contributed by atoms with Gasteiger partial charge in [-0.1, -0.05) is 0 Å². The van der Waals surface area contributed by atoms with Crippen molar-refractivity contribution < 1.29 is 8.42 Å². The summed E-state index contributed by atoms with van der Waals surface area (Å²) in [5.74, 6) is 0. The van der Waals surface area contributed by atoms with Crippen molar-refractivity contribution in [3.8, 4) is 0 Å². The molecule has 1 aromatic carbocycles. The van der Waals surface area contributed by atoms with Crippen LogP contribution in [0.2, 0.25) is 0 Å². The molecule has 0 saturated carbocycles. The maximum absolute atomic E-state index is 12.6. The lowest BCUT2D eigenvalue weighted by molar-refractivity contribution is 0.553. The fourth-order valence-electron chi connectivity index (χ4n) is 2.28. The third kappa shape index (κ3) is 3.22. The van der Waals surface area contributed by atoms with Gasteiger partial charge in [-0.3, -0.25) is 0 Å². The van der Waals surface area contributed by atoms with E-state index < -0.39 is 10.0 Å². The fraction of sp³-hybridized carbons (Fsp3) is 0.600. The van der Waals surface area contributed by atoms with Gasteiger partial charge in [-0.15, -0.1) is 0 Å². The molecular formula is C15H26N2O2S. The van der Waals surface area contributed by atoms with E-state index in [4.69, 9.17) is 0 Å². The summed E-state index contributed by atoms with van der Waals surface area (Å²) >= 11 is 0. The van der Waals surface area contributed by atoms with Crippen LogP contribution in [-0.2, 0) is 10.0 Å². The van der Waals surface area contributed by atoms with Crippen LogP contribution in [-0.4, -0.2) is 28.1 Å². The molecule has 1 aromatic rings. The molecule has 0 fully saturated rings. The Kier molecular flexibility index (Phi) is 5.35. The molecule has 0 saturated heterocycles. The number of likely N-dealkylation sites (N-methyl/N-ethyl adjacent to an activating group) is 1. The SMILES string of the molecule is CNC(C)CNS(=O)(=O)c1c(C)c(C)c(C)c(C)c1C. The third-order valence-electron chi connectivity index (χ3n) is 4.27. The fourth-order valence-corrected chi connectivity index (χ4v) is 4.00. The molecule has 0 aliphatic carbocycles. The number of nitrogens with one attached hydrogen (secondary N) is 2. The summed E-state index contributed by atoms with van der Waals surface area (Å²) in [5.41, 5.74) is 4.96. The number of hydrogen-bond donors (Lipinski definition) is 2. The van der Waals surface area contributed by atoms with Gasteiger partial charge in [0.25, 0.3) is 0 Å². The Labute approximate surface area is 123 Å². The van der Waals surface area contributed by atoms with Crippen molar-refractivity contribution in [2.75, 3.05) is 13.6 Å². The predicted octanol–water partition coefficient (Wildman–Crippen LogP) is 2.11. The Bertz CT molecular complexity index is 578. The summed E-state index contributed by atoms with van der Waals surface area (Å²) < 4.78 is 27.8. The molecule has 1 unspecified atom stereocenters. The summed E-state index contributed by atoms with van der Waals surface area (Å²) in [5, 5.41) is 3.02. The average molecular weight is 298 g/mol. The molecule has 0 spiro atoms. The Morgan fingerprint density at radius 3 is 1.70 bits per heavy atom. The second-order valence-electron chi connectivity index (χ2n) is 5.50. The van der Waals surface area contributed by atoms with Gasteiger partial charge in [0.15, 0.2) is 0 Å². The Balaban J connectivity index is 3.33. The van der Waals surface area contributed by atoms with Crippen molar-refractivity contribution >= 4 is 10.0 Å². The largest absolute Gasteiger partial charge is 0.316 e.